The van der Waals surface area contributed by atoms with Gasteiger partial charge in [0.25, 0.3) is 0 Å². The summed E-state index contributed by atoms with van der Waals surface area (Å²) >= 11 is 0. The largest absolute Gasteiger partial charge is 0.497 e. The van der Waals surface area contributed by atoms with Crippen LogP contribution in [0.5, 0.6) is 11.5 Å². The molecule has 2 atom stereocenters. The van der Waals surface area contributed by atoms with Crippen LogP contribution < -0.4 is 15.2 Å². The average Bonchev–Trinajstić information content (AvgIpc) is 2.43. The van der Waals surface area contributed by atoms with Crippen LogP contribution in [0.25, 0.3) is 0 Å². The van der Waals surface area contributed by atoms with Crippen molar-refractivity contribution in [1.82, 2.24) is 4.90 Å². The highest BCUT2D eigenvalue weighted by molar-refractivity contribution is 5.77. The van der Waals surface area contributed by atoms with E-state index in [-0.39, 0.29) is 18.0 Å². The molecule has 1 saturated heterocycles. The van der Waals surface area contributed by atoms with Gasteiger partial charge >= 0.3 is 0 Å². The number of amides is 1. The summed E-state index contributed by atoms with van der Waals surface area (Å²) in [4.78, 5) is 13.6. The molecule has 1 amide bonds. The zero-order valence-corrected chi connectivity index (χ0v) is 11.6. The Morgan fingerprint density at radius 2 is 1.79 bits per heavy atom. The Balaban J connectivity index is 2.40. The van der Waals surface area contributed by atoms with Crippen LogP contribution in [0.1, 0.15) is 24.4 Å². The van der Waals surface area contributed by atoms with E-state index in [1.54, 1.807) is 32.2 Å². The molecule has 5 heteroatoms. The van der Waals surface area contributed by atoms with Gasteiger partial charge in [0.1, 0.15) is 11.5 Å². The van der Waals surface area contributed by atoms with Gasteiger partial charge in [0, 0.05) is 25.6 Å². The van der Waals surface area contributed by atoms with E-state index < -0.39 is 0 Å². The molecule has 2 unspecified atom stereocenters. The highest BCUT2D eigenvalue weighted by atomic mass is 16.5. The number of benzene rings is 1. The first-order valence-electron chi connectivity index (χ1n) is 6.31. The number of hydrogen-bond acceptors (Lipinski definition) is 4. The van der Waals surface area contributed by atoms with E-state index in [1.807, 2.05) is 12.1 Å². The predicted molar refractivity (Wildman–Crippen MR) is 72.3 cm³/mol. The van der Waals surface area contributed by atoms with Crippen molar-refractivity contribution in [2.75, 3.05) is 21.3 Å². The average molecular weight is 264 g/mol. The van der Waals surface area contributed by atoms with Gasteiger partial charge in [-0.05, 0) is 24.1 Å². The molecule has 1 aromatic carbocycles. The van der Waals surface area contributed by atoms with Gasteiger partial charge in [0.15, 0.2) is 0 Å². The van der Waals surface area contributed by atoms with Crippen LogP contribution in [0, 0.1) is 0 Å². The summed E-state index contributed by atoms with van der Waals surface area (Å²) in [6.45, 7) is 0. The number of nitrogens with two attached hydrogens (primary N) is 1. The Bertz CT molecular complexity index is 454. The Hall–Kier alpha value is -1.75. The van der Waals surface area contributed by atoms with Gasteiger partial charge < -0.3 is 20.1 Å². The maximum absolute atomic E-state index is 11.8. The Labute approximate surface area is 113 Å². The summed E-state index contributed by atoms with van der Waals surface area (Å²) in [6.07, 6.45) is 1.21. The molecule has 0 spiro atoms. The van der Waals surface area contributed by atoms with Gasteiger partial charge in [-0.1, -0.05) is 0 Å². The van der Waals surface area contributed by atoms with Gasteiger partial charge in [-0.15, -0.1) is 0 Å². The number of carbonyl (C=O) groups excluding carboxylic acids is 1. The van der Waals surface area contributed by atoms with E-state index in [4.69, 9.17) is 15.2 Å². The third kappa shape index (κ3) is 2.66. The maximum Gasteiger partial charge on any atom is 0.222 e. The summed E-state index contributed by atoms with van der Waals surface area (Å²) in [6, 6.07) is 5.41. The number of likely N-dealkylation sites (tertiary alicyclic amines) is 1. The van der Waals surface area contributed by atoms with Crippen molar-refractivity contribution in [3.05, 3.63) is 23.8 Å². The van der Waals surface area contributed by atoms with E-state index in [0.29, 0.717) is 24.3 Å². The molecular weight excluding hydrogens is 244 g/mol. The molecule has 0 bridgehead atoms. The van der Waals surface area contributed by atoms with Gasteiger partial charge in [-0.3, -0.25) is 4.79 Å². The number of ether oxygens (including phenoxy) is 2. The number of rotatable bonds is 3. The highest BCUT2D eigenvalue weighted by Crippen LogP contribution is 2.34. The van der Waals surface area contributed by atoms with Crippen LogP contribution in [-0.4, -0.2) is 38.1 Å². The smallest absolute Gasteiger partial charge is 0.222 e. The van der Waals surface area contributed by atoms with Crippen LogP contribution >= 0.6 is 0 Å². The SMILES string of the molecule is COc1cc(OC)cc(C2C(N)CCC(=O)N2C)c1. The van der Waals surface area contributed by atoms with Crippen LogP contribution in [0.4, 0.5) is 0 Å². The normalized spacial score (nSPS) is 23.4. The number of carbonyl (C=O) groups is 1. The van der Waals surface area contributed by atoms with E-state index in [0.717, 1.165) is 5.56 Å². The van der Waals surface area contributed by atoms with Crippen molar-refractivity contribution in [2.45, 2.75) is 24.9 Å². The second-order valence-corrected chi connectivity index (χ2v) is 4.80. The molecule has 1 heterocycles. The molecule has 0 radical (unpaired) electrons. The molecule has 1 fully saturated rings. The molecular formula is C14H20N2O3. The first-order chi connectivity index (χ1) is 9.06. The standard InChI is InChI=1S/C14H20N2O3/c1-16-13(17)5-4-12(15)14(16)9-6-10(18-2)8-11(7-9)19-3/h6-8,12,14H,4-5,15H2,1-3H3. The van der Waals surface area contributed by atoms with Crippen molar-refractivity contribution in [3.63, 3.8) is 0 Å². The molecule has 0 aliphatic carbocycles. The highest BCUT2D eigenvalue weighted by Gasteiger charge is 2.32. The summed E-state index contributed by atoms with van der Waals surface area (Å²) in [5.74, 6) is 1.52. The number of hydrogen-bond donors (Lipinski definition) is 1. The zero-order valence-electron chi connectivity index (χ0n) is 11.6. The van der Waals surface area contributed by atoms with E-state index in [2.05, 4.69) is 0 Å². The summed E-state index contributed by atoms with van der Waals surface area (Å²) in [5, 5.41) is 0. The van der Waals surface area contributed by atoms with Gasteiger partial charge in [0.2, 0.25) is 5.91 Å². The lowest BCUT2D eigenvalue weighted by molar-refractivity contribution is -0.135. The first kappa shape index (κ1) is 13.7. The van der Waals surface area contributed by atoms with Crippen molar-refractivity contribution in [3.8, 4) is 11.5 Å². The second-order valence-electron chi connectivity index (χ2n) is 4.80. The van der Waals surface area contributed by atoms with E-state index in [9.17, 15) is 4.79 Å². The third-order valence-corrected chi connectivity index (χ3v) is 3.62. The summed E-state index contributed by atoms with van der Waals surface area (Å²) in [5.41, 5.74) is 7.11. The Morgan fingerprint density at radius 1 is 1.21 bits per heavy atom. The van der Waals surface area contributed by atoms with Crippen molar-refractivity contribution < 1.29 is 14.3 Å². The lowest BCUT2D eigenvalue weighted by Gasteiger charge is -2.37. The fourth-order valence-electron chi connectivity index (χ4n) is 2.54. The summed E-state index contributed by atoms with van der Waals surface area (Å²) in [7, 11) is 5.00. The van der Waals surface area contributed by atoms with Crippen LogP contribution in [0.2, 0.25) is 0 Å². The number of methoxy groups -OCH3 is 2. The van der Waals surface area contributed by atoms with Crippen molar-refractivity contribution in [1.29, 1.82) is 0 Å². The molecule has 1 aliphatic heterocycles. The van der Waals surface area contributed by atoms with Gasteiger partial charge in [0.05, 0.1) is 20.3 Å². The molecule has 0 aromatic heterocycles. The Morgan fingerprint density at radius 3 is 2.32 bits per heavy atom. The van der Waals surface area contributed by atoms with Crippen molar-refractivity contribution in [2.24, 2.45) is 5.73 Å². The Kier molecular flexibility index (Phi) is 3.95. The molecule has 0 saturated carbocycles. The molecule has 104 valence electrons. The quantitative estimate of drug-likeness (QED) is 0.894. The van der Waals surface area contributed by atoms with E-state index in [1.165, 1.54) is 0 Å². The van der Waals surface area contributed by atoms with Crippen molar-refractivity contribution >= 4 is 5.91 Å². The third-order valence-electron chi connectivity index (χ3n) is 3.62. The molecule has 1 aromatic rings. The minimum absolute atomic E-state index is 0.0699. The topological polar surface area (TPSA) is 64.8 Å². The van der Waals surface area contributed by atoms with Crippen LogP contribution in [-0.2, 0) is 4.79 Å². The van der Waals surface area contributed by atoms with Crippen LogP contribution in [0.3, 0.4) is 0 Å². The molecule has 2 rings (SSSR count). The fraction of sp³-hybridized carbons (Fsp3) is 0.500. The number of likely N-dealkylation sites (N-methyl/N-ethyl adjacent to an activating group) is 1. The van der Waals surface area contributed by atoms with Crippen LogP contribution in [0.15, 0.2) is 18.2 Å². The maximum atomic E-state index is 11.8. The lowest BCUT2D eigenvalue weighted by Crippen LogP contribution is -2.46. The zero-order chi connectivity index (χ0) is 14.0. The molecule has 2 N–H and O–H groups in total. The minimum Gasteiger partial charge on any atom is -0.497 e. The summed E-state index contributed by atoms with van der Waals surface area (Å²) < 4.78 is 10.5. The molecule has 5 nitrogen and oxygen atoms in total. The van der Waals surface area contributed by atoms with E-state index >= 15 is 0 Å². The fourth-order valence-corrected chi connectivity index (χ4v) is 2.54. The van der Waals surface area contributed by atoms with Gasteiger partial charge in [-0.2, -0.15) is 0 Å². The number of nitrogens with zero attached hydrogens (tertiary/aromatic N) is 1. The predicted octanol–water partition coefficient (Wildman–Crippen LogP) is 1.32. The first-order valence-corrected chi connectivity index (χ1v) is 6.31. The lowest BCUT2D eigenvalue weighted by atomic mass is 9.91. The monoisotopic (exact) mass is 264 g/mol. The number of piperidine rings is 1. The molecule has 19 heavy (non-hydrogen) atoms. The van der Waals surface area contributed by atoms with Gasteiger partial charge in [-0.25, -0.2) is 0 Å². The second kappa shape index (κ2) is 5.48. The molecule has 1 aliphatic rings. The minimum atomic E-state index is -0.134.